The van der Waals surface area contributed by atoms with Crippen molar-refractivity contribution in [1.82, 2.24) is 9.97 Å². The Bertz CT molecular complexity index is 446. The third kappa shape index (κ3) is 2.48. The fourth-order valence-corrected chi connectivity index (χ4v) is 1.29. The van der Waals surface area contributed by atoms with Crippen LogP contribution in [0.2, 0.25) is 0 Å². The summed E-state index contributed by atoms with van der Waals surface area (Å²) in [4.78, 5) is 8.09. The molecule has 4 nitrogen and oxygen atoms in total. The summed E-state index contributed by atoms with van der Waals surface area (Å²) in [5.41, 5.74) is 0.786. The van der Waals surface area contributed by atoms with Gasteiger partial charge in [-0.25, -0.2) is 0 Å². The topological polar surface area (TPSA) is 44.2 Å². The molecule has 0 aliphatic heterocycles. The van der Waals surface area contributed by atoms with Crippen LogP contribution in [0.5, 0.6) is 11.5 Å². The summed E-state index contributed by atoms with van der Waals surface area (Å²) >= 11 is 0. The highest BCUT2D eigenvalue weighted by atomic mass is 16.5. The molecule has 16 heavy (non-hydrogen) atoms. The zero-order valence-electron chi connectivity index (χ0n) is 8.96. The Morgan fingerprint density at radius 2 is 1.94 bits per heavy atom. The summed E-state index contributed by atoms with van der Waals surface area (Å²) in [6.07, 6.45) is 4.95. The van der Waals surface area contributed by atoms with Gasteiger partial charge in [-0.2, -0.15) is 0 Å². The molecule has 0 fully saturated rings. The normalized spacial score (nSPS) is 9.81. The molecule has 0 aliphatic carbocycles. The van der Waals surface area contributed by atoms with Gasteiger partial charge < -0.3 is 9.47 Å². The highest BCUT2D eigenvalue weighted by Crippen LogP contribution is 2.26. The SMILES string of the molecule is COc1ccccc1OCc1cnccn1. The predicted molar refractivity (Wildman–Crippen MR) is 59.4 cm³/mol. The Hall–Kier alpha value is -2.10. The zero-order chi connectivity index (χ0) is 11.2. The second kappa shape index (κ2) is 5.11. The van der Waals surface area contributed by atoms with Gasteiger partial charge >= 0.3 is 0 Å². The molecule has 4 heteroatoms. The molecule has 1 aromatic heterocycles. The second-order valence-electron chi connectivity index (χ2n) is 3.14. The minimum atomic E-state index is 0.383. The number of aromatic nitrogens is 2. The first-order valence-electron chi connectivity index (χ1n) is 4.91. The van der Waals surface area contributed by atoms with Gasteiger partial charge in [0.15, 0.2) is 11.5 Å². The Balaban J connectivity index is 2.05. The van der Waals surface area contributed by atoms with E-state index in [0.29, 0.717) is 18.1 Å². The van der Waals surface area contributed by atoms with E-state index in [1.54, 1.807) is 25.7 Å². The minimum Gasteiger partial charge on any atom is -0.493 e. The molecule has 82 valence electrons. The second-order valence-corrected chi connectivity index (χ2v) is 3.14. The van der Waals surface area contributed by atoms with E-state index in [1.807, 2.05) is 24.3 Å². The van der Waals surface area contributed by atoms with Crippen molar-refractivity contribution in [1.29, 1.82) is 0 Å². The number of benzene rings is 1. The molecule has 2 rings (SSSR count). The van der Waals surface area contributed by atoms with Gasteiger partial charge in [-0.3, -0.25) is 9.97 Å². The van der Waals surface area contributed by atoms with Crippen molar-refractivity contribution in [2.45, 2.75) is 6.61 Å². The van der Waals surface area contributed by atoms with Crippen LogP contribution in [0.25, 0.3) is 0 Å². The van der Waals surface area contributed by atoms with Crippen molar-refractivity contribution < 1.29 is 9.47 Å². The van der Waals surface area contributed by atoms with Crippen molar-refractivity contribution in [2.75, 3.05) is 7.11 Å². The average molecular weight is 216 g/mol. The van der Waals surface area contributed by atoms with Gasteiger partial charge in [-0.1, -0.05) is 12.1 Å². The van der Waals surface area contributed by atoms with E-state index in [0.717, 1.165) is 5.69 Å². The summed E-state index contributed by atoms with van der Waals surface area (Å²) in [5.74, 6) is 1.42. The summed E-state index contributed by atoms with van der Waals surface area (Å²) in [6.45, 7) is 0.383. The van der Waals surface area contributed by atoms with E-state index in [9.17, 15) is 0 Å². The smallest absolute Gasteiger partial charge is 0.161 e. The van der Waals surface area contributed by atoms with Crippen LogP contribution in [0.4, 0.5) is 0 Å². The van der Waals surface area contributed by atoms with Crippen LogP contribution in [0.15, 0.2) is 42.9 Å². The Labute approximate surface area is 93.9 Å². The molecule has 0 radical (unpaired) electrons. The van der Waals surface area contributed by atoms with Crippen molar-refractivity contribution in [2.24, 2.45) is 0 Å². The molecule has 0 unspecified atom stereocenters. The summed E-state index contributed by atoms with van der Waals surface area (Å²) in [7, 11) is 1.62. The molecule has 0 N–H and O–H groups in total. The van der Waals surface area contributed by atoms with E-state index >= 15 is 0 Å². The maximum Gasteiger partial charge on any atom is 0.161 e. The van der Waals surface area contributed by atoms with Gasteiger partial charge in [0.2, 0.25) is 0 Å². The molecule has 0 aliphatic rings. The molecule has 0 spiro atoms. The van der Waals surface area contributed by atoms with Crippen molar-refractivity contribution >= 4 is 0 Å². The van der Waals surface area contributed by atoms with E-state index in [2.05, 4.69) is 9.97 Å². The molecule has 1 heterocycles. The highest BCUT2D eigenvalue weighted by molar-refractivity contribution is 5.39. The molecule has 2 aromatic rings. The van der Waals surface area contributed by atoms with Gasteiger partial charge in [0.05, 0.1) is 19.0 Å². The molecule has 0 bridgehead atoms. The predicted octanol–water partition coefficient (Wildman–Crippen LogP) is 2.06. The number of nitrogens with zero attached hydrogens (tertiary/aromatic N) is 2. The minimum absolute atomic E-state index is 0.383. The highest BCUT2D eigenvalue weighted by Gasteiger charge is 2.02. The first kappa shape index (κ1) is 10.4. The van der Waals surface area contributed by atoms with E-state index < -0.39 is 0 Å². The first-order valence-corrected chi connectivity index (χ1v) is 4.91. The lowest BCUT2D eigenvalue weighted by atomic mass is 10.3. The summed E-state index contributed by atoms with van der Waals surface area (Å²) in [5, 5.41) is 0. The lowest BCUT2D eigenvalue weighted by Crippen LogP contribution is -1.99. The number of hydrogen-bond donors (Lipinski definition) is 0. The molecule has 0 atom stereocenters. The lowest BCUT2D eigenvalue weighted by molar-refractivity contribution is 0.280. The van der Waals surface area contributed by atoms with Crippen LogP contribution in [-0.4, -0.2) is 17.1 Å². The average Bonchev–Trinajstić information content (AvgIpc) is 2.38. The first-order chi connectivity index (χ1) is 7.90. The largest absolute Gasteiger partial charge is 0.493 e. The van der Waals surface area contributed by atoms with Gasteiger partial charge in [0, 0.05) is 12.4 Å². The third-order valence-corrected chi connectivity index (χ3v) is 2.06. The van der Waals surface area contributed by atoms with Crippen molar-refractivity contribution in [3.05, 3.63) is 48.5 Å². The van der Waals surface area contributed by atoms with Crippen LogP contribution in [0.3, 0.4) is 0 Å². The van der Waals surface area contributed by atoms with Crippen LogP contribution in [0, 0.1) is 0 Å². The lowest BCUT2D eigenvalue weighted by Gasteiger charge is -2.09. The van der Waals surface area contributed by atoms with Gasteiger partial charge in [-0.05, 0) is 12.1 Å². The zero-order valence-corrected chi connectivity index (χ0v) is 8.96. The number of rotatable bonds is 4. The third-order valence-electron chi connectivity index (χ3n) is 2.06. The van der Waals surface area contributed by atoms with E-state index in [4.69, 9.17) is 9.47 Å². The molecule has 1 aromatic carbocycles. The molecule has 0 amide bonds. The molecule has 0 saturated heterocycles. The standard InChI is InChI=1S/C12H12N2O2/c1-15-11-4-2-3-5-12(11)16-9-10-8-13-6-7-14-10/h2-8H,9H2,1H3. The number of methoxy groups -OCH3 is 1. The Morgan fingerprint density at radius 1 is 1.12 bits per heavy atom. The van der Waals surface area contributed by atoms with Gasteiger partial charge in [0.25, 0.3) is 0 Å². The maximum atomic E-state index is 5.59. The monoisotopic (exact) mass is 216 g/mol. The van der Waals surface area contributed by atoms with Gasteiger partial charge in [-0.15, -0.1) is 0 Å². The van der Waals surface area contributed by atoms with Crippen LogP contribution < -0.4 is 9.47 Å². The molecular weight excluding hydrogens is 204 g/mol. The van der Waals surface area contributed by atoms with Gasteiger partial charge in [0.1, 0.15) is 6.61 Å². The Kier molecular flexibility index (Phi) is 3.33. The number of ether oxygens (including phenoxy) is 2. The fourth-order valence-electron chi connectivity index (χ4n) is 1.29. The summed E-state index contributed by atoms with van der Waals surface area (Å²) in [6, 6.07) is 7.50. The molecule has 0 saturated carbocycles. The number of para-hydroxylation sites is 2. The van der Waals surface area contributed by atoms with E-state index in [1.165, 1.54) is 0 Å². The van der Waals surface area contributed by atoms with Crippen molar-refractivity contribution in [3.8, 4) is 11.5 Å². The Morgan fingerprint density at radius 3 is 2.62 bits per heavy atom. The van der Waals surface area contributed by atoms with Crippen LogP contribution in [-0.2, 0) is 6.61 Å². The maximum absolute atomic E-state index is 5.59. The van der Waals surface area contributed by atoms with Crippen LogP contribution in [0.1, 0.15) is 5.69 Å². The van der Waals surface area contributed by atoms with E-state index in [-0.39, 0.29) is 0 Å². The summed E-state index contributed by atoms with van der Waals surface area (Å²) < 4.78 is 10.8. The molecular formula is C12H12N2O2. The van der Waals surface area contributed by atoms with Crippen molar-refractivity contribution in [3.63, 3.8) is 0 Å². The number of hydrogen-bond acceptors (Lipinski definition) is 4. The quantitative estimate of drug-likeness (QED) is 0.784. The van der Waals surface area contributed by atoms with Crippen LogP contribution >= 0.6 is 0 Å². The fraction of sp³-hybridized carbons (Fsp3) is 0.167.